The largest absolute Gasteiger partial charge is 0.360 e. The maximum atomic E-state index is 12.7. The smallest absolute Gasteiger partial charge is 0.282 e. The van der Waals surface area contributed by atoms with Crippen molar-refractivity contribution in [2.75, 3.05) is 36.4 Å². The highest BCUT2D eigenvalue weighted by molar-refractivity contribution is 5.98. The van der Waals surface area contributed by atoms with E-state index in [-0.39, 0.29) is 17.7 Å². The lowest BCUT2D eigenvalue weighted by Gasteiger charge is -2.36. The van der Waals surface area contributed by atoms with Crippen molar-refractivity contribution in [3.8, 4) is 0 Å². The predicted molar refractivity (Wildman–Crippen MR) is 113 cm³/mol. The molecule has 1 aliphatic heterocycles. The maximum Gasteiger partial charge on any atom is 0.282 e. The number of nitrogens with one attached hydrogen (secondary N) is 2. The number of carbonyl (C=O) groups excluding carboxylic acids is 2. The van der Waals surface area contributed by atoms with E-state index < -0.39 is 0 Å². The molecule has 1 atom stereocenters. The van der Waals surface area contributed by atoms with Crippen molar-refractivity contribution in [2.24, 2.45) is 0 Å². The molecular weight excluding hydrogens is 350 g/mol. The summed E-state index contributed by atoms with van der Waals surface area (Å²) in [5, 5.41) is 2.97. The molecule has 2 aromatic rings. The molecule has 148 valence electrons. The van der Waals surface area contributed by atoms with Gasteiger partial charge in [0.05, 0.1) is 26.2 Å². The van der Waals surface area contributed by atoms with Gasteiger partial charge in [-0.25, -0.2) is 0 Å². The first-order valence-corrected chi connectivity index (χ1v) is 9.94. The number of rotatable bonds is 5. The van der Waals surface area contributed by atoms with E-state index in [0.29, 0.717) is 11.3 Å². The van der Waals surface area contributed by atoms with Crippen LogP contribution in [0.4, 0.5) is 11.4 Å². The molecule has 1 saturated heterocycles. The van der Waals surface area contributed by atoms with Crippen molar-refractivity contribution in [2.45, 2.75) is 33.7 Å². The van der Waals surface area contributed by atoms with Crippen LogP contribution in [0.3, 0.4) is 0 Å². The van der Waals surface area contributed by atoms with Crippen molar-refractivity contribution >= 4 is 23.1 Å². The fourth-order valence-electron chi connectivity index (χ4n) is 3.80. The first kappa shape index (κ1) is 20.1. The van der Waals surface area contributed by atoms with E-state index in [1.807, 2.05) is 13.0 Å². The van der Waals surface area contributed by atoms with Crippen LogP contribution >= 0.6 is 0 Å². The monoisotopic (exact) mass is 380 g/mol. The van der Waals surface area contributed by atoms with Crippen LogP contribution in [0.1, 0.15) is 35.3 Å². The molecule has 28 heavy (non-hydrogen) atoms. The number of Topliss-reactive ketones (excluding diaryl/α,β-unsaturated/α-hetero) is 1. The van der Waals surface area contributed by atoms with Crippen LogP contribution in [0.15, 0.2) is 42.5 Å². The average Bonchev–Trinajstić information content (AvgIpc) is 2.70. The Labute approximate surface area is 167 Å². The first-order chi connectivity index (χ1) is 13.4. The van der Waals surface area contributed by atoms with Gasteiger partial charge in [-0.2, -0.15) is 0 Å². The van der Waals surface area contributed by atoms with Crippen molar-refractivity contribution in [1.29, 1.82) is 0 Å². The molecule has 1 amide bonds. The summed E-state index contributed by atoms with van der Waals surface area (Å²) in [5.41, 5.74) is 5.24. The van der Waals surface area contributed by atoms with Crippen LogP contribution in [-0.2, 0) is 4.79 Å². The van der Waals surface area contributed by atoms with E-state index in [2.05, 4.69) is 42.3 Å². The van der Waals surface area contributed by atoms with Gasteiger partial charge in [0, 0.05) is 16.9 Å². The van der Waals surface area contributed by atoms with Gasteiger partial charge in [-0.1, -0.05) is 24.3 Å². The van der Waals surface area contributed by atoms with Crippen LogP contribution in [0.2, 0.25) is 0 Å². The molecule has 1 heterocycles. The lowest BCUT2D eigenvalue weighted by molar-refractivity contribution is -0.914. The summed E-state index contributed by atoms with van der Waals surface area (Å²) in [4.78, 5) is 28.0. The summed E-state index contributed by atoms with van der Waals surface area (Å²) >= 11 is 0. The molecule has 0 aromatic heterocycles. The summed E-state index contributed by atoms with van der Waals surface area (Å²) in [7, 11) is 0. The molecule has 0 radical (unpaired) electrons. The number of aryl methyl sites for hydroxylation is 1. The van der Waals surface area contributed by atoms with Gasteiger partial charge in [0.1, 0.15) is 0 Å². The summed E-state index contributed by atoms with van der Waals surface area (Å²) < 4.78 is 0. The minimum atomic E-state index is -0.137. The molecule has 3 rings (SSSR count). The zero-order chi connectivity index (χ0) is 20.3. The normalized spacial score (nSPS) is 15.9. The molecule has 0 unspecified atom stereocenters. The Balaban J connectivity index is 1.59. The van der Waals surface area contributed by atoms with Crippen LogP contribution in [-0.4, -0.2) is 43.9 Å². The predicted octanol–water partition coefficient (Wildman–Crippen LogP) is 2.24. The molecule has 5 heteroatoms. The topological polar surface area (TPSA) is 53.9 Å². The first-order valence-electron chi connectivity index (χ1n) is 9.94. The number of hydrogen-bond acceptors (Lipinski definition) is 3. The lowest BCUT2D eigenvalue weighted by Crippen LogP contribution is -3.19. The Kier molecular flexibility index (Phi) is 6.15. The van der Waals surface area contributed by atoms with E-state index in [4.69, 9.17) is 0 Å². The van der Waals surface area contributed by atoms with Gasteiger partial charge in [0.25, 0.3) is 5.91 Å². The minimum Gasteiger partial charge on any atom is -0.360 e. The summed E-state index contributed by atoms with van der Waals surface area (Å²) in [6.07, 6.45) is 0. The third-order valence-electron chi connectivity index (χ3n) is 5.86. The Hall–Kier alpha value is -2.66. The molecule has 0 bridgehead atoms. The van der Waals surface area contributed by atoms with Gasteiger partial charge in [0.15, 0.2) is 11.8 Å². The Morgan fingerprint density at radius 3 is 2.43 bits per heavy atom. The molecule has 0 saturated carbocycles. The number of piperazine rings is 1. The van der Waals surface area contributed by atoms with E-state index >= 15 is 0 Å². The quantitative estimate of drug-likeness (QED) is 0.783. The zero-order valence-corrected chi connectivity index (χ0v) is 17.2. The maximum absolute atomic E-state index is 12.7. The molecule has 1 aliphatic rings. The summed E-state index contributed by atoms with van der Waals surface area (Å²) in [5.74, 6) is -0.00627. The molecule has 5 nitrogen and oxygen atoms in total. The average molecular weight is 381 g/mol. The van der Waals surface area contributed by atoms with Crippen molar-refractivity contribution in [1.82, 2.24) is 0 Å². The van der Waals surface area contributed by atoms with E-state index in [1.54, 1.807) is 18.2 Å². The van der Waals surface area contributed by atoms with Gasteiger partial charge >= 0.3 is 0 Å². The van der Waals surface area contributed by atoms with E-state index in [1.165, 1.54) is 28.6 Å². The number of amides is 1. The van der Waals surface area contributed by atoms with Crippen molar-refractivity contribution in [3.05, 3.63) is 59.2 Å². The van der Waals surface area contributed by atoms with Gasteiger partial charge in [-0.05, 0) is 57.0 Å². The fourth-order valence-corrected chi connectivity index (χ4v) is 3.80. The second-order valence-corrected chi connectivity index (χ2v) is 7.71. The Morgan fingerprint density at radius 1 is 1.07 bits per heavy atom. The second-order valence-electron chi connectivity index (χ2n) is 7.71. The molecule has 0 aliphatic carbocycles. The molecule has 2 aromatic carbocycles. The number of benzene rings is 2. The number of anilines is 2. The Bertz CT molecular complexity index is 870. The number of carbonyl (C=O) groups is 2. The second kappa shape index (κ2) is 8.57. The van der Waals surface area contributed by atoms with Crippen molar-refractivity contribution in [3.63, 3.8) is 0 Å². The fraction of sp³-hybridized carbons (Fsp3) is 0.391. The van der Waals surface area contributed by atoms with Crippen LogP contribution in [0, 0.1) is 13.8 Å². The third-order valence-corrected chi connectivity index (χ3v) is 5.86. The standard InChI is InChI=1S/C23H29N3O2/c1-16-7-5-10-22(17(16)2)26-13-11-25(12-14-26)18(3)23(28)24-21-9-6-8-20(15-21)19(4)27/h5-10,15,18H,11-14H2,1-4H3,(H,24,28)/p+1/t18-/m1/s1. The lowest BCUT2D eigenvalue weighted by atomic mass is 10.1. The summed E-state index contributed by atoms with van der Waals surface area (Å²) in [6.45, 7) is 11.6. The highest BCUT2D eigenvalue weighted by Crippen LogP contribution is 2.22. The van der Waals surface area contributed by atoms with Gasteiger partial charge in [0.2, 0.25) is 0 Å². The van der Waals surface area contributed by atoms with Gasteiger partial charge in [-0.3, -0.25) is 9.59 Å². The van der Waals surface area contributed by atoms with Gasteiger partial charge in [-0.15, -0.1) is 0 Å². The van der Waals surface area contributed by atoms with E-state index in [9.17, 15) is 9.59 Å². The minimum absolute atomic E-state index is 0.00247. The van der Waals surface area contributed by atoms with Crippen LogP contribution < -0.4 is 15.1 Å². The van der Waals surface area contributed by atoms with Crippen molar-refractivity contribution < 1.29 is 14.5 Å². The van der Waals surface area contributed by atoms with Crippen LogP contribution in [0.25, 0.3) is 0 Å². The van der Waals surface area contributed by atoms with E-state index in [0.717, 1.165) is 26.2 Å². The molecule has 0 spiro atoms. The third kappa shape index (κ3) is 4.42. The summed E-state index contributed by atoms with van der Waals surface area (Å²) in [6, 6.07) is 13.4. The number of nitrogens with zero attached hydrogens (tertiary/aromatic N) is 1. The highest BCUT2D eigenvalue weighted by Gasteiger charge is 2.29. The molecule has 2 N–H and O–H groups in total. The Morgan fingerprint density at radius 2 is 1.75 bits per heavy atom. The molecular formula is C23H30N3O2+. The highest BCUT2D eigenvalue weighted by atomic mass is 16.2. The number of hydrogen-bond donors (Lipinski definition) is 2. The number of ketones is 1. The zero-order valence-electron chi connectivity index (χ0n) is 17.2. The SMILES string of the molecule is CC(=O)c1cccc(NC(=O)[C@@H](C)[NH+]2CCN(c3cccc(C)c3C)CC2)c1. The molecule has 1 fully saturated rings. The number of quaternary nitrogens is 1. The van der Waals surface area contributed by atoms with Gasteiger partial charge < -0.3 is 15.1 Å². The van der Waals surface area contributed by atoms with Crippen LogP contribution in [0.5, 0.6) is 0 Å².